The van der Waals surface area contributed by atoms with Crippen molar-refractivity contribution in [1.29, 1.82) is 0 Å². The molecular weight excluding hydrogens is 194 g/mol. The summed E-state index contributed by atoms with van der Waals surface area (Å²) in [6.07, 6.45) is -0.729. The monoisotopic (exact) mass is 209 g/mol. The van der Waals surface area contributed by atoms with E-state index < -0.39 is 12.0 Å². The van der Waals surface area contributed by atoms with E-state index >= 15 is 0 Å². The molecule has 0 spiro atoms. The Balaban J connectivity index is 2.55. The van der Waals surface area contributed by atoms with Gasteiger partial charge in [-0.25, -0.2) is 0 Å². The van der Waals surface area contributed by atoms with Gasteiger partial charge in [0.05, 0.1) is 6.61 Å². The quantitative estimate of drug-likeness (QED) is 0.759. The molecule has 0 radical (unpaired) electrons. The number of carbonyl (C=O) groups excluding carboxylic acids is 1. The first-order chi connectivity index (χ1) is 7.24. The smallest absolute Gasteiger partial charge is 0.260 e. The van der Waals surface area contributed by atoms with Crippen LogP contribution in [0.15, 0.2) is 30.3 Å². The average molecular weight is 209 g/mol. The van der Waals surface area contributed by atoms with E-state index in [1.54, 1.807) is 12.1 Å². The third-order valence-electron chi connectivity index (χ3n) is 1.81. The summed E-state index contributed by atoms with van der Waals surface area (Å²) >= 11 is 0. The molecule has 1 unspecified atom stereocenters. The summed E-state index contributed by atoms with van der Waals surface area (Å²) in [7, 11) is 0. The predicted molar refractivity (Wildman–Crippen MR) is 56.5 cm³/mol. The van der Waals surface area contributed by atoms with Crippen molar-refractivity contribution in [1.82, 2.24) is 0 Å². The number of primary amides is 1. The highest BCUT2D eigenvalue weighted by Crippen LogP contribution is 2.10. The van der Waals surface area contributed by atoms with Gasteiger partial charge in [0.15, 0.2) is 6.10 Å². The molecule has 0 aromatic heterocycles. The van der Waals surface area contributed by atoms with Crippen LogP contribution in [-0.4, -0.2) is 25.2 Å². The molecule has 1 rings (SSSR count). The fraction of sp³-hybridized carbons (Fsp3) is 0.364. The van der Waals surface area contributed by atoms with Gasteiger partial charge in [-0.05, 0) is 19.1 Å². The molecule has 0 aliphatic heterocycles. The van der Waals surface area contributed by atoms with Gasteiger partial charge in [-0.3, -0.25) is 4.79 Å². The van der Waals surface area contributed by atoms with Crippen LogP contribution in [0.1, 0.15) is 6.92 Å². The number of hydrogen-bond donors (Lipinski definition) is 1. The highest BCUT2D eigenvalue weighted by molar-refractivity contribution is 5.79. The van der Waals surface area contributed by atoms with Gasteiger partial charge in [0.1, 0.15) is 5.75 Å². The number of ether oxygens (including phenoxy) is 2. The zero-order valence-electron chi connectivity index (χ0n) is 8.68. The van der Waals surface area contributed by atoms with Crippen molar-refractivity contribution < 1.29 is 14.3 Å². The molecule has 0 saturated heterocycles. The van der Waals surface area contributed by atoms with Crippen LogP contribution in [0.3, 0.4) is 0 Å². The highest BCUT2D eigenvalue weighted by Gasteiger charge is 2.16. The van der Waals surface area contributed by atoms with E-state index in [9.17, 15) is 4.79 Å². The Bertz CT molecular complexity index is 300. The summed E-state index contributed by atoms with van der Waals surface area (Å²) in [5.41, 5.74) is 5.18. The minimum Gasteiger partial charge on any atom is -0.478 e. The second-order valence-corrected chi connectivity index (χ2v) is 2.98. The van der Waals surface area contributed by atoms with Crippen molar-refractivity contribution in [3.05, 3.63) is 30.3 Å². The van der Waals surface area contributed by atoms with Crippen LogP contribution in [0.2, 0.25) is 0 Å². The number of nitrogens with two attached hydrogens (primary N) is 1. The van der Waals surface area contributed by atoms with Crippen LogP contribution >= 0.6 is 0 Å². The van der Waals surface area contributed by atoms with E-state index in [0.717, 1.165) is 0 Å². The first kappa shape index (κ1) is 11.5. The lowest BCUT2D eigenvalue weighted by molar-refractivity contribution is -0.127. The summed E-state index contributed by atoms with van der Waals surface area (Å²) in [6, 6.07) is 9.06. The van der Waals surface area contributed by atoms with E-state index in [-0.39, 0.29) is 6.61 Å². The van der Waals surface area contributed by atoms with E-state index in [1.165, 1.54) is 0 Å². The number of carbonyl (C=O) groups is 1. The standard InChI is InChI=1S/C11H15NO3/c1-2-14-8-10(11(12)13)15-9-6-4-3-5-7-9/h3-7,10H,2,8H2,1H3,(H2,12,13). The van der Waals surface area contributed by atoms with Gasteiger partial charge in [0.25, 0.3) is 5.91 Å². The maximum Gasteiger partial charge on any atom is 0.260 e. The molecule has 2 N–H and O–H groups in total. The molecule has 0 aliphatic carbocycles. The fourth-order valence-electron chi connectivity index (χ4n) is 1.06. The Morgan fingerprint density at radius 1 is 1.40 bits per heavy atom. The molecule has 1 atom stereocenters. The molecule has 1 aromatic rings. The van der Waals surface area contributed by atoms with Crippen molar-refractivity contribution in [3.63, 3.8) is 0 Å². The Kier molecular flexibility index (Phi) is 4.63. The summed E-state index contributed by atoms with van der Waals surface area (Å²) in [5, 5.41) is 0. The third-order valence-corrected chi connectivity index (χ3v) is 1.81. The second-order valence-electron chi connectivity index (χ2n) is 2.98. The lowest BCUT2D eigenvalue weighted by Gasteiger charge is -2.15. The lowest BCUT2D eigenvalue weighted by Crippen LogP contribution is -2.37. The average Bonchev–Trinajstić information content (AvgIpc) is 2.25. The summed E-state index contributed by atoms with van der Waals surface area (Å²) in [4.78, 5) is 11.0. The SMILES string of the molecule is CCOCC(Oc1ccccc1)C(N)=O. The van der Waals surface area contributed by atoms with Crippen LogP contribution in [0, 0.1) is 0 Å². The second kappa shape index (κ2) is 6.03. The van der Waals surface area contributed by atoms with Gasteiger partial charge in [0, 0.05) is 6.61 Å². The van der Waals surface area contributed by atoms with Gasteiger partial charge in [-0.1, -0.05) is 18.2 Å². The van der Waals surface area contributed by atoms with Gasteiger partial charge >= 0.3 is 0 Å². The van der Waals surface area contributed by atoms with Crippen molar-refractivity contribution in [2.75, 3.05) is 13.2 Å². The molecule has 4 heteroatoms. The van der Waals surface area contributed by atoms with Gasteiger partial charge in [-0.15, -0.1) is 0 Å². The Hall–Kier alpha value is -1.55. The highest BCUT2D eigenvalue weighted by atomic mass is 16.5. The van der Waals surface area contributed by atoms with Crippen molar-refractivity contribution in [2.45, 2.75) is 13.0 Å². The maximum absolute atomic E-state index is 11.0. The molecule has 0 saturated carbocycles. The Morgan fingerprint density at radius 3 is 2.60 bits per heavy atom. The minimum atomic E-state index is -0.729. The first-order valence-corrected chi connectivity index (χ1v) is 4.82. The molecule has 82 valence electrons. The van der Waals surface area contributed by atoms with Crippen LogP contribution < -0.4 is 10.5 Å². The third kappa shape index (κ3) is 3.99. The lowest BCUT2D eigenvalue weighted by atomic mass is 10.3. The zero-order chi connectivity index (χ0) is 11.1. The Labute approximate surface area is 89.0 Å². The van der Waals surface area contributed by atoms with Crippen LogP contribution in [0.25, 0.3) is 0 Å². The first-order valence-electron chi connectivity index (χ1n) is 4.82. The maximum atomic E-state index is 11.0. The number of para-hydroxylation sites is 1. The van der Waals surface area contributed by atoms with Crippen molar-refractivity contribution >= 4 is 5.91 Å². The minimum absolute atomic E-state index is 0.181. The molecule has 0 heterocycles. The predicted octanol–water partition coefficient (Wildman–Crippen LogP) is 0.956. The van der Waals surface area contributed by atoms with Gasteiger partial charge in [-0.2, -0.15) is 0 Å². The zero-order valence-corrected chi connectivity index (χ0v) is 8.68. The summed E-state index contributed by atoms with van der Waals surface area (Å²) in [5.74, 6) is 0.0910. The molecule has 1 amide bonds. The number of rotatable bonds is 6. The Morgan fingerprint density at radius 2 is 2.07 bits per heavy atom. The normalized spacial score (nSPS) is 12.1. The number of benzene rings is 1. The molecule has 0 fully saturated rings. The van der Waals surface area contributed by atoms with Gasteiger partial charge in [0.2, 0.25) is 0 Å². The van der Waals surface area contributed by atoms with Crippen LogP contribution in [0.4, 0.5) is 0 Å². The molecule has 1 aromatic carbocycles. The fourth-order valence-corrected chi connectivity index (χ4v) is 1.06. The molecule has 0 aliphatic rings. The van der Waals surface area contributed by atoms with Crippen LogP contribution in [0.5, 0.6) is 5.75 Å². The van der Waals surface area contributed by atoms with Crippen LogP contribution in [-0.2, 0) is 9.53 Å². The summed E-state index contributed by atoms with van der Waals surface area (Å²) in [6.45, 7) is 2.56. The molecule has 4 nitrogen and oxygen atoms in total. The summed E-state index contributed by atoms with van der Waals surface area (Å²) < 4.78 is 10.5. The topological polar surface area (TPSA) is 61.6 Å². The number of hydrogen-bond acceptors (Lipinski definition) is 3. The largest absolute Gasteiger partial charge is 0.478 e. The number of amides is 1. The molecule has 0 bridgehead atoms. The van der Waals surface area contributed by atoms with E-state index in [2.05, 4.69) is 0 Å². The van der Waals surface area contributed by atoms with Crippen molar-refractivity contribution in [2.24, 2.45) is 5.73 Å². The van der Waals surface area contributed by atoms with E-state index in [0.29, 0.717) is 12.4 Å². The van der Waals surface area contributed by atoms with Crippen molar-refractivity contribution in [3.8, 4) is 5.75 Å². The van der Waals surface area contributed by atoms with E-state index in [1.807, 2.05) is 25.1 Å². The molecule has 15 heavy (non-hydrogen) atoms. The molecular formula is C11H15NO3. The van der Waals surface area contributed by atoms with Gasteiger partial charge < -0.3 is 15.2 Å². The van der Waals surface area contributed by atoms with E-state index in [4.69, 9.17) is 15.2 Å².